The number of aromatic nitrogens is 2. The first-order valence-electron chi connectivity index (χ1n) is 6.43. The quantitative estimate of drug-likeness (QED) is 0.881. The van der Waals surface area contributed by atoms with Crippen LogP contribution in [0.25, 0.3) is 0 Å². The molecule has 0 radical (unpaired) electrons. The Hall–Kier alpha value is -2.70. The van der Waals surface area contributed by atoms with Crippen LogP contribution in [0.2, 0.25) is 0 Å². The van der Waals surface area contributed by atoms with Crippen LogP contribution < -0.4 is 10.6 Å². The van der Waals surface area contributed by atoms with Gasteiger partial charge in [0.15, 0.2) is 5.82 Å². The Labute approximate surface area is 120 Å². The number of fused-ring (bicyclic) bond motifs is 1. The number of aryl methyl sites for hydroxylation is 1. The number of carbonyl (C=O) groups is 2. The molecule has 3 rings (SSSR count). The fourth-order valence-electron chi connectivity index (χ4n) is 2.37. The summed E-state index contributed by atoms with van der Waals surface area (Å²) in [5.41, 5.74) is 0.942. The van der Waals surface area contributed by atoms with Gasteiger partial charge in [-0.05, 0) is 17.7 Å². The topological polar surface area (TPSA) is 76.0 Å². The first-order valence-corrected chi connectivity index (χ1v) is 6.43. The largest absolute Gasteiger partial charge is 0.326 e. The van der Waals surface area contributed by atoms with Gasteiger partial charge in [-0.3, -0.25) is 14.3 Å². The Bertz CT molecular complexity index is 726. The second-order valence-corrected chi connectivity index (χ2v) is 4.90. The number of amides is 2. The molecule has 21 heavy (non-hydrogen) atoms. The molecule has 2 aromatic rings. The second kappa shape index (κ2) is 5.01. The average Bonchev–Trinajstić information content (AvgIpc) is 2.82. The van der Waals surface area contributed by atoms with Crippen molar-refractivity contribution in [1.82, 2.24) is 9.78 Å². The van der Waals surface area contributed by atoms with E-state index in [1.54, 1.807) is 24.0 Å². The van der Waals surface area contributed by atoms with E-state index in [9.17, 15) is 14.0 Å². The maximum Gasteiger partial charge on any atom is 0.233 e. The minimum Gasteiger partial charge on any atom is -0.326 e. The van der Waals surface area contributed by atoms with Crippen LogP contribution >= 0.6 is 0 Å². The minimum absolute atomic E-state index is 0.0251. The molecule has 1 atom stereocenters. The molecule has 0 saturated carbocycles. The van der Waals surface area contributed by atoms with Crippen LogP contribution in [0.15, 0.2) is 30.5 Å². The van der Waals surface area contributed by atoms with Gasteiger partial charge < -0.3 is 10.6 Å². The molecule has 2 heterocycles. The Morgan fingerprint density at radius 2 is 2.29 bits per heavy atom. The lowest BCUT2D eigenvalue weighted by Gasteiger charge is -2.24. The number of hydrogen-bond donors (Lipinski definition) is 2. The van der Waals surface area contributed by atoms with Crippen LogP contribution in [0.3, 0.4) is 0 Å². The fourth-order valence-corrected chi connectivity index (χ4v) is 2.37. The van der Waals surface area contributed by atoms with Crippen LogP contribution in [0, 0.1) is 5.82 Å². The van der Waals surface area contributed by atoms with Crippen LogP contribution in [-0.2, 0) is 16.6 Å². The monoisotopic (exact) mass is 288 g/mol. The van der Waals surface area contributed by atoms with Crippen molar-refractivity contribution < 1.29 is 14.0 Å². The van der Waals surface area contributed by atoms with E-state index in [1.807, 2.05) is 0 Å². The van der Waals surface area contributed by atoms with Gasteiger partial charge in [0.25, 0.3) is 0 Å². The van der Waals surface area contributed by atoms with Gasteiger partial charge >= 0.3 is 0 Å². The number of nitrogens with zero attached hydrogens (tertiary/aromatic N) is 2. The zero-order valence-corrected chi connectivity index (χ0v) is 11.3. The number of rotatable bonds is 2. The smallest absolute Gasteiger partial charge is 0.233 e. The van der Waals surface area contributed by atoms with Crippen molar-refractivity contribution in [1.29, 1.82) is 0 Å². The summed E-state index contributed by atoms with van der Waals surface area (Å²) in [6.45, 7) is 0. The van der Waals surface area contributed by atoms with Crippen molar-refractivity contribution in [3.05, 3.63) is 41.8 Å². The first kappa shape index (κ1) is 13.3. The zero-order valence-electron chi connectivity index (χ0n) is 11.3. The molecule has 0 aliphatic carbocycles. The van der Waals surface area contributed by atoms with Crippen molar-refractivity contribution in [2.24, 2.45) is 7.05 Å². The van der Waals surface area contributed by atoms with E-state index >= 15 is 0 Å². The van der Waals surface area contributed by atoms with Crippen LogP contribution in [0.5, 0.6) is 0 Å². The minimum atomic E-state index is -0.656. The SMILES string of the molecule is Cn1ccc(NC(=O)C2CC(=O)Nc3cc(F)ccc32)n1. The highest BCUT2D eigenvalue weighted by Crippen LogP contribution is 2.33. The molecule has 1 aliphatic heterocycles. The molecule has 1 aliphatic rings. The second-order valence-electron chi connectivity index (χ2n) is 4.90. The fraction of sp³-hybridized carbons (Fsp3) is 0.214. The number of benzene rings is 1. The van der Waals surface area contributed by atoms with E-state index < -0.39 is 11.7 Å². The standard InChI is InChI=1S/C14H13FN4O2/c1-19-5-4-12(18-19)17-14(21)10-7-13(20)16-11-6-8(15)2-3-9(10)11/h2-6,10H,7H2,1H3,(H,16,20)(H,17,18,21). The molecule has 1 unspecified atom stereocenters. The summed E-state index contributed by atoms with van der Waals surface area (Å²) in [7, 11) is 1.74. The third-order valence-corrected chi connectivity index (χ3v) is 3.34. The predicted molar refractivity (Wildman–Crippen MR) is 74.2 cm³/mol. The molecule has 7 heteroatoms. The highest BCUT2D eigenvalue weighted by atomic mass is 19.1. The normalized spacial score (nSPS) is 17.0. The third-order valence-electron chi connectivity index (χ3n) is 3.34. The number of anilines is 2. The molecule has 2 N–H and O–H groups in total. The van der Waals surface area contributed by atoms with Gasteiger partial charge in [0, 0.05) is 31.4 Å². The molecular formula is C14H13FN4O2. The van der Waals surface area contributed by atoms with Crippen molar-refractivity contribution in [2.75, 3.05) is 10.6 Å². The molecule has 108 valence electrons. The summed E-state index contributed by atoms with van der Waals surface area (Å²) >= 11 is 0. The highest BCUT2D eigenvalue weighted by Gasteiger charge is 2.31. The van der Waals surface area contributed by atoms with E-state index in [-0.39, 0.29) is 18.2 Å². The van der Waals surface area contributed by atoms with Gasteiger partial charge in [0.05, 0.1) is 5.92 Å². The third kappa shape index (κ3) is 2.62. The van der Waals surface area contributed by atoms with E-state index in [0.29, 0.717) is 17.1 Å². The van der Waals surface area contributed by atoms with Gasteiger partial charge in [0.2, 0.25) is 11.8 Å². The summed E-state index contributed by atoms with van der Waals surface area (Å²) in [6, 6.07) is 5.67. The summed E-state index contributed by atoms with van der Waals surface area (Å²) in [5.74, 6) is -1.35. The van der Waals surface area contributed by atoms with Crippen LogP contribution in [-0.4, -0.2) is 21.6 Å². The predicted octanol–water partition coefficient (Wildman–Crippen LogP) is 1.62. The molecule has 2 amide bonds. The Balaban J connectivity index is 1.88. The molecule has 6 nitrogen and oxygen atoms in total. The summed E-state index contributed by atoms with van der Waals surface area (Å²) in [5, 5.41) is 9.30. The van der Waals surface area contributed by atoms with Crippen molar-refractivity contribution >= 4 is 23.3 Å². The molecule has 0 fully saturated rings. The average molecular weight is 288 g/mol. The number of carbonyl (C=O) groups excluding carboxylic acids is 2. The van der Waals surface area contributed by atoms with Gasteiger partial charge in [-0.15, -0.1) is 0 Å². The van der Waals surface area contributed by atoms with Crippen molar-refractivity contribution in [2.45, 2.75) is 12.3 Å². The van der Waals surface area contributed by atoms with Gasteiger partial charge in [-0.25, -0.2) is 4.39 Å². The Morgan fingerprint density at radius 1 is 1.48 bits per heavy atom. The van der Waals surface area contributed by atoms with E-state index in [2.05, 4.69) is 15.7 Å². The van der Waals surface area contributed by atoms with E-state index in [4.69, 9.17) is 0 Å². The number of nitrogens with one attached hydrogen (secondary N) is 2. The molecule has 1 aromatic carbocycles. The molecule has 0 saturated heterocycles. The number of halogens is 1. The summed E-state index contributed by atoms with van der Waals surface area (Å²) < 4.78 is 14.8. The molecule has 0 spiro atoms. The van der Waals surface area contributed by atoms with Crippen LogP contribution in [0.4, 0.5) is 15.9 Å². The van der Waals surface area contributed by atoms with Crippen molar-refractivity contribution in [3.63, 3.8) is 0 Å². The first-order chi connectivity index (χ1) is 10.0. The van der Waals surface area contributed by atoms with Gasteiger partial charge in [0.1, 0.15) is 5.82 Å². The summed E-state index contributed by atoms with van der Waals surface area (Å²) in [6.07, 6.45) is 1.73. The van der Waals surface area contributed by atoms with Gasteiger partial charge in [-0.1, -0.05) is 6.07 Å². The zero-order chi connectivity index (χ0) is 15.0. The van der Waals surface area contributed by atoms with Crippen LogP contribution in [0.1, 0.15) is 17.9 Å². The Kier molecular flexibility index (Phi) is 3.17. The molecule has 1 aromatic heterocycles. The molecular weight excluding hydrogens is 275 g/mol. The maximum absolute atomic E-state index is 13.2. The lowest BCUT2D eigenvalue weighted by Crippen LogP contribution is -2.31. The van der Waals surface area contributed by atoms with Gasteiger partial charge in [-0.2, -0.15) is 5.10 Å². The highest BCUT2D eigenvalue weighted by molar-refractivity contribution is 6.04. The van der Waals surface area contributed by atoms with E-state index in [0.717, 1.165) is 0 Å². The molecule has 0 bridgehead atoms. The van der Waals surface area contributed by atoms with Crippen molar-refractivity contribution in [3.8, 4) is 0 Å². The number of hydrogen-bond acceptors (Lipinski definition) is 3. The lowest BCUT2D eigenvalue weighted by molar-refractivity contribution is -0.123. The van der Waals surface area contributed by atoms with E-state index in [1.165, 1.54) is 18.2 Å². The Morgan fingerprint density at radius 3 is 3.00 bits per heavy atom. The lowest BCUT2D eigenvalue weighted by atomic mass is 9.89. The summed E-state index contributed by atoms with van der Waals surface area (Å²) in [4.78, 5) is 24.0. The maximum atomic E-state index is 13.2.